The number of amides is 1. The third-order valence-corrected chi connectivity index (χ3v) is 4.97. The average Bonchev–Trinajstić information content (AvgIpc) is 3.23. The van der Waals surface area contributed by atoms with Crippen molar-refractivity contribution in [2.45, 2.75) is 31.7 Å². The van der Waals surface area contributed by atoms with Crippen LogP contribution in [0.15, 0.2) is 59.4 Å². The molecular formula is C22H22FN3O3. The van der Waals surface area contributed by atoms with Crippen molar-refractivity contribution in [1.82, 2.24) is 14.9 Å². The van der Waals surface area contributed by atoms with Crippen molar-refractivity contribution in [3.8, 4) is 5.75 Å². The third kappa shape index (κ3) is 4.80. The predicted octanol–water partition coefficient (Wildman–Crippen LogP) is 3.93. The monoisotopic (exact) mass is 395 g/mol. The number of nitrogens with zero attached hydrogens (tertiary/aromatic N) is 3. The minimum atomic E-state index is -0.267. The zero-order valence-electron chi connectivity index (χ0n) is 16.0. The second-order valence-electron chi connectivity index (χ2n) is 7.04. The minimum absolute atomic E-state index is 0.0503. The van der Waals surface area contributed by atoms with E-state index in [1.807, 2.05) is 0 Å². The van der Waals surface area contributed by atoms with Gasteiger partial charge in [0.05, 0.1) is 12.4 Å². The lowest BCUT2D eigenvalue weighted by Gasteiger charge is -2.33. The van der Waals surface area contributed by atoms with E-state index >= 15 is 0 Å². The first-order valence-corrected chi connectivity index (χ1v) is 9.70. The highest BCUT2D eigenvalue weighted by Crippen LogP contribution is 2.31. The number of hydrogen-bond donors (Lipinski definition) is 0. The molecule has 1 aromatic carbocycles. The number of hydrogen-bond acceptors (Lipinski definition) is 5. The maximum absolute atomic E-state index is 13.1. The Balaban J connectivity index is 1.42. The molecule has 1 saturated heterocycles. The van der Waals surface area contributed by atoms with Crippen molar-refractivity contribution < 1.29 is 18.3 Å². The molecule has 0 radical (unpaired) electrons. The van der Waals surface area contributed by atoms with Crippen LogP contribution in [0.2, 0.25) is 0 Å². The molecule has 1 aliphatic rings. The zero-order chi connectivity index (χ0) is 20.1. The normalized spacial score (nSPS) is 16.6. The van der Waals surface area contributed by atoms with Crippen LogP contribution in [0, 0.1) is 5.82 Å². The summed E-state index contributed by atoms with van der Waals surface area (Å²) < 4.78 is 24.6. The predicted molar refractivity (Wildman–Crippen MR) is 104 cm³/mol. The SMILES string of the molecule is O=C(COc1cccnc1)N1CCCC[C@H]1c1ncc(Cc2ccc(F)cc2)o1. The Labute approximate surface area is 168 Å². The van der Waals surface area contributed by atoms with Gasteiger partial charge in [-0.25, -0.2) is 9.37 Å². The molecule has 3 heterocycles. The lowest BCUT2D eigenvalue weighted by Crippen LogP contribution is -2.41. The molecule has 1 aliphatic heterocycles. The standard InChI is InChI=1S/C22H22FN3O3/c23-17-8-6-16(7-9-17)12-19-14-25-22(29-19)20-5-1-2-11-26(20)21(27)15-28-18-4-3-10-24-13-18/h3-4,6-10,13-14,20H,1-2,5,11-12,15H2/t20-/m0/s1. The second-order valence-corrected chi connectivity index (χ2v) is 7.04. The summed E-state index contributed by atoms with van der Waals surface area (Å²) in [5.41, 5.74) is 0.940. The van der Waals surface area contributed by atoms with Crippen molar-refractivity contribution in [3.05, 3.63) is 78.0 Å². The molecule has 2 aromatic heterocycles. The largest absolute Gasteiger partial charge is 0.482 e. The van der Waals surface area contributed by atoms with Crippen LogP contribution in [0.25, 0.3) is 0 Å². The first-order chi connectivity index (χ1) is 14.2. The van der Waals surface area contributed by atoms with Gasteiger partial charge in [0, 0.05) is 19.2 Å². The Hall–Kier alpha value is -3.22. The number of rotatable bonds is 6. The zero-order valence-corrected chi connectivity index (χ0v) is 16.0. The molecule has 0 bridgehead atoms. The van der Waals surface area contributed by atoms with E-state index in [2.05, 4.69) is 9.97 Å². The summed E-state index contributed by atoms with van der Waals surface area (Å²) in [4.78, 5) is 22.9. The van der Waals surface area contributed by atoms with Crippen molar-refractivity contribution in [2.75, 3.05) is 13.2 Å². The Bertz CT molecular complexity index is 943. The van der Waals surface area contributed by atoms with E-state index in [1.54, 1.807) is 47.8 Å². The van der Waals surface area contributed by atoms with Gasteiger partial charge in [0.2, 0.25) is 5.89 Å². The van der Waals surface area contributed by atoms with Gasteiger partial charge in [0.15, 0.2) is 6.61 Å². The molecule has 7 heteroatoms. The second kappa shape index (κ2) is 8.86. The van der Waals surface area contributed by atoms with Gasteiger partial charge in [-0.15, -0.1) is 0 Å². The molecule has 0 unspecified atom stereocenters. The number of oxazole rings is 1. The number of likely N-dealkylation sites (tertiary alicyclic amines) is 1. The third-order valence-electron chi connectivity index (χ3n) is 4.97. The first-order valence-electron chi connectivity index (χ1n) is 9.70. The topological polar surface area (TPSA) is 68.5 Å². The van der Waals surface area contributed by atoms with Crippen LogP contribution in [0.1, 0.15) is 42.5 Å². The summed E-state index contributed by atoms with van der Waals surface area (Å²) in [7, 11) is 0. The van der Waals surface area contributed by atoms with Crippen LogP contribution >= 0.6 is 0 Å². The van der Waals surface area contributed by atoms with Gasteiger partial charge < -0.3 is 14.1 Å². The molecule has 1 fully saturated rings. The number of carbonyl (C=O) groups is 1. The van der Waals surface area contributed by atoms with Crippen molar-refractivity contribution >= 4 is 5.91 Å². The summed E-state index contributed by atoms with van der Waals surface area (Å²) in [6.45, 7) is 0.598. The average molecular weight is 395 g/mol. The van der Waals surface area contributed by atoms with Gasteiger partial charge in [-0.2, -0.15) is 0 Å². The highest BCUT2D eigenvalue weighted by atomic mass is 19.1. The molecule has 150 valence electrons. The van der Waals surface area contributed by atoms with Crippen LogP contribution in [0.3, 0.4) is 0 Å². The van der Waals surface area contributed by atoms with E-state index in [1.165, 1.54) is 12.1 Å². The molecule has 6 nitrogen and oxygen atoms in total. The maximum atomic E-state index is 13.1. The van der Waals surface area contributed by atoms with Crippen molar-refractivity contribution in [1.29, 1.82) is 0 Å². The summed E-state index contributed by atoms with van der Waals surface area (Å²) in [5, 5.41) is 0. The van der Waals surface area contributed by atoms with E-state index in [0.717, 1.165) is 24.8 Å². The van der Waals surface area contributed by atoms with E-state index in [-0.39, 0.29) is 24.4 Å². The van der Waals surface area contributed by atoms with E-state index in [0.29, 0.717) is 30.4 Å². The van der Waals surface area contributed by atoms with E-state index in [9.17, 15) is 9.18 Å². The number of piperidine rings is 1. The van der Waals surface area contributed by atoms with Crippen molar-refractivity contribution in [2.24, 2.45) is 0 Å². The minimum Gasteiger partial charge on any atom is -0.482 e. The van der Waals surface area contributed by atoms with Crippen LogP contribution < -0.4 is 4.74 Å². The fourth-order valence-electron chi connectivity index (χ4n) is 3.51. The highest BCUT2D eigenvalue weighted by molar-refractivity contribution is 5.78. The van der Waals surface area contributed by atoms with Gasteiger partial charge in [0.1, 0.15) is 23.4 Å². The Kier molecular flexibility index (Phi) is 5.84. The Morgan fingerprint density at radius 3 is 2.86 bits per heavy atom. The molecule has 0 aliphatic carbocycles. The first kappa shape index (κ1) is 19.1. The van der Waals surface area contributed by atoms with Gasteiger partial charge in [0.25, 0.3) is 5.91 Å². The molecule has 3 aromatic rings. The maximum Gasteiger partial charge on any atom is 0.261 e. The van der Waals surface area contributed by atoms with Gasteiger partial charge in [-0.05, 0) is 49.1 Å². The molecule has 0 saturated carbocycles. The molecular weight excluding hydrogens is 373 g/mol. The van der Waals surface area contributed by atoms with E-state index in [4.69, 9.17) is 9.15 Å². The smallest absolute Gasteiger partial charge is 0.261 e. The number of halogens is 1. The lowest BCUT2D eigenvalue weighted by molar-refractivity contribution is -0.137. The summed E-state index contributed by atoms with van der Waals surface area (Å²) in [6.07, 6.45) is 8.19. The highest BCUT2D eigenvalue weighted by Gasteiger charge is 2.31. The Morgan fingerprint density at radius 2 is 2.07 bits per heavy atom. The van der Waals surface area contributed by atoms with Crippen LogP contribution in [-0.4, -0.2) is 33.9 Å². The fourth-order valence-corrected chi connectivity index (χ4v) is 3.51. The molecule has 4 rings (SSSR count). The summed E-state index contributed by atoms with van der Waals surface area (Å²) >= 11 is 0. The Morgan fingerprint density at radius 1 is 1.21 bits per heavy atom. The van der Waals surface area contributed by atoms with Crippen molar-refractivity contribution in [3.63, 3.8) is 0 Å². The van der Waals surface area contributed by atoms with Gasteiger partial charge in [-0.1, -0.05) is 12.1 Å². The quantitative estimate of drug-likeness (QED) is 0.633. The van der Waals surface area contributed by atoms with Gasteiger partial charge in [-0.3, -0.25) is 9.78 Å². The number of pyridine rings is 1. The molecule has 29 heavy (non-hydrogen) atoms. The number of carbonyl (C=O) groups excluding carboxylic acids is 1. The van der Waals surface area contributed by atoms with Crippen LogP contribution in [0.4, 0.5) is 4.39 Å². The molecule has 1 atom stereocenters. The summed E-state index contributed by atoms with van der Waals surface area (Å²) in [5.74, 6) is 1.42. The number of benzene rings is 1. The molecule has 0 spiro atoms. The molecule has 0 N–H and O–H groups in total. The van der Waals surface area contributed by atoms with Gasteiger partial charge >= 0.3 is 0 Å². The fraction of sp³-hybridized carbons (Fsp3) is 0.318. The lowest BCUT2D eigenvalue weighted by atomic mass is 10.0. The van der Waals surface area contributed by atoms with E-state index < -0.39 is 0 Å². The number of ether oxygens (including phenoxy) is 1. The van der Waals surface area contributed by atoms with Crippen LogP contribution in [-0.2, 0) is 11.2 Å². The van der Waals surface area contributed by atoms with Crippen LogP contribution in [0.5, 0.6) is 5.75 Å². The number of aromatic nitrogens is 2. The molecule has 1 amide bonds. The summed E-state index contributed by atoms with van der Waals surface area (Å²) in [6, 6.07) is 9.64.